The van der Waals surface area contributed by atoms with Crippen LogP contribution in [0.4, 0.5) is 0 Å². The third-order valence-corrected chi connectivity index (χ3v) is 4.57. The number of rotatable bonds is 8. The molecule has 1 aliphatic rings. The molecule has 3 rings (SSSR count). The number of carbonyl (C=O) groups excluding carboxylic acids is 3. The molecule has 0 unspecified atom stereocenters. The molecule has 0 saturated heterocycles. The van der Waals surface area contributed by atoms with Crippen molar-refractivity contribution < 1.29 is 28.6 Å². The first-order valence-electron chi connectivity index (χ1n) is 9.55. The summed E-state index contributed by atoms with van der Waals surface area (Å²) in [5.41, 5.74) is 0.962. The van der Waals surface area contributed by atoms with Crippen molar-refractivity contribution in [3.63, 3.8) is 0 Å². The number of ether oxygens (including phenoxy) is 3. The fourth-order valence-electron chi connectivity index (χ4n) is 3.10. The highest BCUT2D eigenvalue weighted by atomic mass is 16.5. The largest absolute Gasteiger partial charge is 0.493 e. The zero-order valence-electron chi connectivity index (χ0n) is 17.1. The molecule has 8 heteroatoms. The minimum atomic E-state index is -0.855. The first-order valence-corrected chi connectivity index (χ1v) is 9.55. The van der Waals surface area contributed by atoms with E-state index in [-0.39, 0.29) is 18.7 Å². The van der Waals surface area contributed by atoms with Crippen LogP contribution in [0.15, 0.2) is 48.0 Å². The number of methoxy groups -OCH3 is 1. The van der Waals surface area contributed by atoms with Gasteiger partial charge in [0.25, 0.3) is 11.8 Å². The molecule has 0 bridgehead atoms. The molecule has 2 aromatic rings. The van der Waals surface area contributed by atoms with Crippen molar-refractivity contribution >= 4 is 23.9 Å². The molecular weight excluding hydrogens is 400 g/mol. The van der Waals surface area contributed by atoms with Crippen molar-refractivity contribution in [3.05, 3.63) is 64.7 Å². The third-order valence-electron chi connectivity index (χ3n) is 4.57. The number of esters is 1. The summed E-state index contributed by atoms with van der Waals surface area (Å²) < 4.78 is 15.8. The number of hydrogen-bond donors (Lipinski definition) is 0. The van der Waals surface area contributed by atoms with Crippen LogP contribution in [0.2, 0.25) is 0 Å². The average Bonchev–Trinajstić information content (AvgIpc) is 3.03. The quantitative estimate of drug-likeness (QED) is 0.280. The number of nitriles is 1. The van der Waals surface area contributed by atoms with E-state index < -0.39 is 17.8 Å². The molecule has 2 aromatic carbocycles. The van der Waals surface area contributed by atoms with E-state index in [9.17, 15) is 19.6 Å². The number of hydrogen-bond acceptors (Lipinski definition) is 7. The maximum Gasteiger partial charge on any atom is 0.348 e. The first kappa shape index (κ1) is 21.6. The number of amides is 2. The molecule has 0 spiro atoms. The second kappa shape index (κ2) is 9.59. The average molecular weight is 420 g/mol. The van der Waals surface area contributed by atoms with Crippen LogP contribution in [0, 0.1) is 11.3 Å². The Morgan fingerprint density at radius 2 is 1.77 bits per heavy atom. The lowest BCUT2D eigenvalue weighted by molar-refractivity contribution is -0.138. The molecule has 31 heavy (non-hydrogen) atoms. The highest BCUT2D eigenvalue weighted by Crippen LogP contribution is 2.29. The van der Waals surface area contributed by atoms with Gasteiger partial charge in [-0.3, -0.25) is 14.5 Å². The van der Waals surface area contributed by atoms with Crippen LogP contribution in [-0.2, 0) is 9.53 Å². The monoisotopic (exact) mass is 420 g/mol. The van der Waals surface area contributed by atoms with Gasteiger partial charge in [0, 0.05) is 0 Å². The second-order valence-electron chi connectivity index (χ2n) is 6.46. The standard InChI is InChI=1S/C23H20N2O6/c1-3-30-19-9-8-15(13-20(19)29-2)12-16(14-24)23(28)31-11-10-25-21(26)17-6-4-5-7-18(17)22(25)27/h4-9,12-13H,3,10-11H2,1-2H3. The lowest BCUT2D eigenvalue weighted by Crippen LogP contribution is -2.33. The van der Waals surface area contributed by atoms with Crippen molar-refractivity contribution in [2.24, 2.45) is 0 Å². The van der Waals surface area contributed by atoms with E-state index >= 15 is 0 Å². The summed E-state index contributed by atoms with van der Waals surface area (Å²) >= 11 is 0. The molecule has 1 aliphatic heterocycles. The van der Waals surface area contributed by atoms with Gasteiger partial charge in [-0.2, -0.15) is 5.26 Å². The molecule has 0 atom stereocenters. The number of nitrogens with zero attached hydrogens (tertiary/aromatic N) is 2. The van der Waals surface area contributed by atoms with Crippen LogP contribution in [0.25, 0.3) is 6.08 Å². The van der Waals surface area contributed by atoms with Crippen molar-refractivity contribution in [1.29, 1.82) is 5.26 Å². The Bertz CT molecular complexity index is 1060. The van der Waals surface area contributed by atoms with Gasteiger partial charge < -0.3 is 14.2 Å². The van der Waals surface area contributed by atoms with Crippen molar-refractivity contribution in [3.8, 4) is 17.6 Å². The van der Waals surface area contributed by atoms with Crippen molar-refractivity contribution in [2.45, 2.75) is 6.92 Å². The van der Waals surface area contributed by atoms with Gasteiger partial charge in [-0.25, -0.2) is 4.79 Å². The van der Waals surface area contributed by atoms with Crippen LogP contribution in [0.5, 0.6) is 11.5 Å². The number of imide groups is 1. The lowest BCUT2D eigenvalue weighted by atomic mass is 10.1. The van der Waals surface area contributed by atoms with Gasteiger partial charge >= 0.3 is 5.97 Å². The summed E-state index contributed by atoms with van der Waals surface area (Å²) in [7, 11) is 1.49. The summed E-state index contributed by atoms with van der Waals surface area (Å²) in [6.45, 7) is 1.98. The number of carbonyl (C=O) groups is 3. The molecule has 0 fully saturated rings. The fraction of sp³-hybridized carbons (Fsp3) is 0.217. The van der Waals surface area contributed by atoms with Crippen LogP contribution >= 0.6 is 0 Å². The van der Waals surface area contributed by atoms with E-state index in [1.165, 1.54) is 13.2 Å². The first-order chi connectivity index (χ1) is 15.0. The molecule has 0 aliphatic carbocycles. The minimum Gasteiger partial charge on any atom is -0.493 e. The van der Waals surface area contributed by atoms with E-state index in [0.29, 0.717) is 34.8 Å². The topological polar surface area (TPSA) is 106 Å². The minimum absolute atomic E-state index is 0.104. The Morgan fingerprint density at radius 1 is 1.10 bits per heavy atom. The Kier molecular flexibility index (Phi) is 6.67. The molecule has 1 heterocycles. The predicted molar refractivity (Wildman–Crippen MR) is 111 cm³/mol. The molecule has 0 N–H and O–H groups in total. The van der Waals surface area contributed by atoms with Crippen molar-refractivity contribution in [1.82, 2.24) is 4.90 Å². The Morgan fingerprint density at radius 3 is 2.35 bits per heavy atom. The lowest BCUT2D eigenvalue weighted by Gasteiger charge is -2.13. The summed E-state index contributed by atoms with van der Waals surface area (Å²) in [6, 6.07) is 13.3. The Hall–Kier alpha value is -4.12. The third kappa shape index (κ3) is 4.56. The van der Waals surface area contributed by atoms with Gasteiger partial charge in [0.2, 0.25) is 0 Å². The van der Waals surface area contributed by atoms with E-state index in [2.05, 4.69) is 0 Å². The van der Waals surface area contributed by atoms with Gasteiger partial charge in [-0.15, -0.1) is 0 Å². The zero-order chi connectivity index (χ0) is 22.4. The second-order valence-corrected chi connectivity index (χ2v) is 6.46. The molecule has 158 valence electrons. The van der Waals surface area contributed by atoms with Crippen LogP contribution < -0.4 is 9.47 Å². The number of fused-ring (bicyclic) bond motifs is 1. The van der Waals surface area contributed by atoms with Crippen LogP contribution in [0.3, 0.4) is 0 Å². The molecule has 8 nitrogen and oxygen atoms in total. The van der Waals surface area contributed by atoms with Crippen LogP contribution in [-0.4, -0.2) is 49.6 Å². The highest BCUT2D eigenvalue weighted by molar-refractivity contribution is 6.21. The Balaban J connectivity index is 1.64. The molecule has 0 aromatic heterocycles. The van der Waals surface area contributed by atoms with E-state index in [0.717, 1.165) is 4.90 Å². The van der Waals surface area contributed by atoms with E-state index in [1.54, 1.807) is 48.5 Å². The maximum atomic E-state index is 12.3. The molecule has 0 radical (unpaired) electrons. The summed E-state index contributed by atoms with van der Waals surface area (Å²) in [5.74, 6) is -0.716. The van der Waals surface area contributed by atoms with Gasteiger partial charge in [0.15, 0.2) is 11.5 Å². The maximum absolute atomic E-state index is 12.3. The molecular formula is C23H20N2O6. The predicted octanol–water partition coefficient (Wildman–Crippen LogP) is 2.84. The zero-order valence-corrected chi connectivity index (χ0v) is 17.1. The Labute approximate surface area is 179 Å². The normalized spacial score (nSPS) is 12.9. The molecule has 0 saturated carbocycles. The smallest absolute Gasteiger partial charge is 0.348 e. The highest BCUT2D eigenvalue weighted by Gasteiger charge is 2.34. The van der Waals surface area contributed by atoms with E-state index in [4.69, 9.17) is 14.2 Å². The van der Waals surface area contributed by atoms with Gasteiger partial charge in [-0.05, 0) is 42.8 Å². The van der Waals surface area contributed by atoms with Gasteiger partial charge in [0.1, 0.15) is 18.2 Å². The molecule has 2 amide bonds. The van der Waals surface area contributed by atoms with Gasteiger partial charge in [0.05, 0.1) is 31.4 Å². The SMILES string of the molecule is CCOc1ccc(C=C(C#N)C(=O)OCCN2C(=O)c3ccccc3C2=O)cc1OC. The summed E-state index contributed by atoms with van der Waals surface area (Å²) in [6.07, 6.45) is 1.36. The van der Waals surface area contributed by atoms with Gasteiger partial charge in [-0.1, -0.05) is 18.2 Å². The van der Waals surface area contributed by atoms with Crippen LogP contribution in [0.1, 0.15) is 33.2 Å². The van der Waals surface area contributed by atoms with E-state index in [1.807, 2.05) is 6.92 Å². The van der Waals surface area contributed by atoms with Crippen molar-refractivity contribution in [2.75, 3.05) is 26.9 Å². The summed E-state index contributed by atoms with van der Waals surface area (Å²) in [4.78, 5) is 38.0. The summed E-state index contributed by atoms with van der Waals surface area (Å²) in [5, 5.41) is 9.34. The number of benzene rings is 2. The fourth-order valence-corrected chi connectivity index (χ4v) is 3.10.